The molecule has 0 spiro atoms. The van der Waals surface area contributed by atoms with Crippen molar-refractivity contribution in [3.63, 3.8) is 0 Å². The molecule has 22 heavy (non-hydrogen) atoms. The summed E-state index contributed by atoms with van der Waals surface area (Å²) < 4.78 is 1.54. The Bertz CT molecular complexity index is 870. The normalized spacial score (nSPS) is 11.4. The van der Waals surface area contributed by atoms with Crippen molar-refractivity contribution in [2.45, 2.75) is 12.7 Å². The zero-order valence-electron chi connectivity index (χ0n) is 11.1. The van der Waals surface area contributed by atoms with Crippen LogP contribution in [0.25, 0.3) is 16.7 Å². The van der Waals surface area contributed by atoms with Gasteiger partial charge in [-0.1, -0.05) is 46.4 Å². The minimum Gasteiger partial charge on any atom is -0.221 e. The summed E-state index contributed by atoms with van der Waals surface area (Å²) in [5.41, 5.74) is 1.65. The van der Waals surface area contributed by atoms with Gasteiger partial charge in [-0.2, -0.15) is 17.7 Å². The van der Waals surface area contributed by atoms with Gasteiger partial charge in [0.05, 0.1) is 21.1 Å². The van der Waals surface area contributed by atoms with Crippen LogP contribution in [-0.2, 0) is 5.75 Å². The van der Waals surface area contributed by atoms with E-state index >= 15 is 0 Å². The van der Waals surface area contributed by atoms with Crippen LogP contribution >= 0.6 is 59.0 Å². The van der Waals surface area contributed by atoms with Gasteiger partial charge in [0.1, 0.15) is 16.7 Å². The van der Waals surface area contributed by atoms with E-state index in [1.54, 1.807) is 23.7 Å². The van der Waals surface area contributed by atoms with Crippen molar-refractivity contribution < 1.29 is 0 Å². The first kappa shape index (κ1) is 16.1. The summed E-state index contributed by atoms with van der Waals surface area (Å²) in [5, 5.41) is 6.58. The number of halogens is 4. The van der Waals surface area contributed by atoms with E-state index in [9.17, 15) is 0 Å². The van der Waals surface area contributed by atoms with Crippen LogP contribution in [0.1, 0.15) is 11.5 Å². The van der Waals surface area contributed by atoms with E-state index in [-0.39, 0.29) is 0 Å². The van der Waals surface area contributed by atoms with E-state index in [0.717, 1.165) is 0 Å². The number of thiol groups is 1. The Kier molecular flexibility index (Phi) is 4.45. The van der Waals surface area contributed by atoms with Crippen LogP contribution in [0.15, 0.2) is 12.1 Å². The standard InChI is InChI=1S/C13H8Cl4N4S/c1-5-18-12(17)10-9(4-22)20-21(13(10)19-5)11-7(15)2-6(14)3-8(11)16/h2-3,22H,4H2,1H3. The maximum Gasteiger partial charge on any atom is 0.168 e. The molecular weight excluding hydrogens is 386 g/mol. The summed E-state index contributed by atoms with van der Waals surface area (Å²) in [5.74, 6) is 0.893. The molecule has 0 amide bonds. The fourth-order valence-corrected chi connectivity index (χ4v) is 3.66. The van der Waals surface area contributed by atoms with Crippen molar-refractivity contribution in [3.8, 4) is 5.69 Å². The highest BCUT2D eigenvalue weighted by atomic mass is 35.5. The number of aromatic nitrogens is 4. The molecule has 0 unspecified atom stereocenters. The fraction of sp³-hybridized carbons (Fsp3) is 0.154. The van der Waals surface area contributed by atoms with Crippen LogP contribution in [0.4, 0.5) is 0 Å². The molecule has 0 radical (unpaired) electrons. The number of nitrogens with zero attached hydrogens (tertiary/aromatic N) is 4. The van der Waals surface area contributed by atoms with Gasteiger partial charge in [-0.15, -0.1) is 0 Å². The van der Waals surface area contributed by atoms with Crippen molar-refractivity contribution in [3.05, 3.63) is 43.9 Å². The van der Waals surface area contributed by atoms with Gasteiger partial charge in [-0.05, 0) is 19.1 Å². The summed E-state index contributed by atoms with van der Waals surface area (Å²) in [6.45, 7) is 1.74. The topological polar surface area (TPSA) is 43.6 Å². The molecule has 114 valence electrons. The lowest BCUT2D eigenvalue weighted by Crippen LogP contribution is -2.01. The minimum atomic E-state index is 0.319. The molecule has 0 aliphatic heterocycles. The van der Waals surface area contributed by atoms with E-state index in [0.29, 0.717) is 54.2 Å². The van der Waals surface area contributed by atoms with Gasteiger partial charge in [-0.3, -0.25) is 0 Å². The van der Waals surface area contributed by atoms with Crippen LogP contribution in [0.2, 0.25) is 20.2 Å². The van der Waals surface area contributed by atoms with Crippen molar-refractivity contribution in [2.75, 3.05) is 0 Å². The highest BCUT2D eigenvalue weighted by Gasteiger charge is 2.20. The molecule has 1 aromatic carbocycles. The van der Waals surface area contributed by atoms with E-state index in [4.69, 9.17) is 46.4 Å². The number of hydrogen-bond acceptors (Lipinski definition) is 4. The molecule has 2 heterocycles. The monoisotopic (exact) mass is 392 g/mol. The number of hydrogen-bond donors (Lipinski definition) is 1. The summed E-state index contributed by atoms with van der Waals surface area (Å²) in [6.07, 6.45) is 0. The van der Waals surface area contributed by atoms with Crippen LogP contribution < -0.4 is 0 Å². The Morgan fingerprint density at radius 1 is 1.09 bits per heavy atom. The average molecular weight is 394 g/mol. The molecule has 0 bridgehead atoms. The number of rotatable bonds is 2. The maximum atomic E-state index is 6.28. The van der Waals surface area contributed by atoms with Crippen LogP contribution in [0.3, 0.4) is 0 Å². The highest BCUT2D eigenvalue weighted by molar-refractivity contribution is 7.79. The maximum absolute atomic E-state index is 6.28. The largest absolute Gasteiger partial charge is 0.221 e. The molecule has 3 aromatic rings. The molecular formula is C13H8Cl4N4S. The lowest BCUT2D eigenvalue weighted by molar-refractivity contribution is 0.870. The summed E-state index contributed by atoms with van der Waals surface area (Å²) in [7, 11) is 0. The van der Waals surface area contributed by atoms with Gasteiger partial charge >= 0.3 is 0 Å². The second-order valence-corrected chi connectivity index (χ2v) is 6.42. The van der Waals surface area contributed by atoms with E-state index in [1.807, 2.05) is 0 Å². The van der Waals surface area contributed by atoms with Crippen molar-refractivity contribution >= 4 is 70.1 Å². The molecule has 0 aliphatic rings. The Morgan fingerprint density at radius 2 is 1.73 bits per heavy atom. The molecule has 0 fully saturated rings. The quantitative estimate of drug-likeness (QED) is 0.482. The molecule has 9 heteroatoms. The van der Waals surface area contributed by atoms with E-state index in [1.165, 1.54) is 0 Å². The molecule has 0 N–H and O–H groups in total. The van der Waals surface area contributed by atoms with Gasteiger partial charge in [0.2, 0.25) is 0 Å². The fourth-order valence-electron chi connectivity index (χ4n) is 2.15. The van der Waals surface area contributed by atoms with Crippen LogP contribution in [0, 0.1) is 6.92 Å². The molecule has 3 rings (SSSR count). The van der Waals surface area contributed by atoms with Crippen LogP contribution in [-0.4, -0.2) is 19.7 Å². The smallest absolute Gasteiger partial charge is 0.168 e. The summed E-state index contributed by atoms with van der Waals surface area (Å²) in [6, 6.07) is 3.18. The van der Waals surface area contributed by atoms with E-state index < -0.39 is 0 Å². The third kappa shape index (κ3) is 2.65. The van der Waals surface area contributed by atoms with Gasteiger partial charge < -0.3 is 0 Å². The SMILES string of the molecule is Cc1nc(Cl)c2c(CS)nn(-c3c(Cl)cc(Cl)cc3Cl)c2n1. The second kappa shape index (κ2) is 6.06. The predicted molar refractivity (Wildman–Crippen MR) is 94.1 cm³/mol. The highest BCUT2D eigenvalue weighted by Crippen LogP contribution is 2.35. The van der Waals surface area contributed by atoms with Gasteiger partial charge in [0.25, 0.3) is 0 Å². The molecule has 4 nitrogen and oxygen atoms in total. The van der Waals surface area contributed by atoms with E-state index in [2.05, 4.69) is 27.7 Å². The van der Waals surface area contributed by atoms with Crippen molar-refractivity contribution in [2.24, 2.45) is 0 Å². The lowest BCUT2D eigenvalue weighted by atomic mass is 10.3. The Hall–Kier alpha value is -0.720. The molecule has 0 atom stereocenters. The number of aryl methyl sites for hydroxylation is 1. The third-order valence-electron chi connectivity index (χ3n) is 3.01. The summed E-state index contributed by atoms with van der Waals surface area (Å²) in [4.78, 5) is 8.56. The zero-order chi connectivity index (χ0) is 16.0. The van der Waals surface area contributed by atoms with Gasteiger partial charge in [-0.25, -0.2) is 14.6 Å². The molecule has 2 aromatic heterocycles. The Labute approximate surface area is 151 Å². The number of benzene rings is 1. The Morgan fingerprint density at radius 3 is 2.32 bits per heavy atom. The first-order valence-corrected chi connectivity index (χ1v) is 8.24. The Balaban J connectivity index is 2.42. The average Bonchev–Trinajstić information content (AvgIpc) is 2.76. The molecule has 0 saturated heterocycles. The predicted octanol–water partition coefficient (Wildman–Crippen LogP) is 5.17. The van der Waals surface area contributed by atoms with Crippen LogP contribution in [0.5, 0.6) is 0 Å². The first-order valence-electron chi connectivity index (χ1n) is 6.10. The first-order chi connectivity index (χ1) is 10.4. The molecule has 0 saturated carbocycles. The zero-order valence-corrected chi connectivity index (χ0v) is 15.0. The minimum absolute atomic E-state index is 0.319. The van der Waals surface area contributed by atoms with Crippen molar-refractivity contribution in [1.29, 1.82) is 0 Å². The summed E-state index contributed by atoms with van der Waals surface area (Å²) >= 11 is 29.0. The molecule has 0 aliphatic carbocycles. The lowest BCUT2D eigenvalue weighted by Gasteiger charge is -2.09. The second-order valence-electron chi connectivity index (χ2n) is 4.49. The van der Waals surface area contributed by atoms with Crippen molar-refractivity contribution in [1.82, 2.24) is 19.7 Å². The third-order valence-corrected chi connectivity index (χ3v) is 4.38. The van der Waals surface area contributed by atoms with Gasteiger partial charge in [0, 0.05) is 10.8 Å². The van der Waals surface area contributed by atoms with Gasteiger partial charge in [0.15, 0.2) is 5.65 Å². The number of fused-ring (bicyclic) bond motifs is 1.